The first-order valence-corrected chi connectivity index (χ1v) is 11.9. The number of carbonyl (C=O) groups excluding carboxylic acids is 1. The molecule has 0 saturated carbocycles. The van der Waals surface area contributed by atoms with Gasteiger partial charge >= 0.3 is 0 Å². The second-order valence-corrected chi connectivity index (χ2v) is 8.47. The Kier molecular flexibility index (Phi) is 6.51. The molecule has 0 bridgehead atoms. The molecule has 3 aromatic carbocycles. The van der Waals surface area contributed by atoms with Crippen LogP contribution in [0.3, 0.4) is 0 Å². The number of fused-ring (bicyclic) bond motifs is 1. The molecule has 188 valence electrons. The molecular formula is C28H27N5O4. The predicted octanol–water partition coefficient (Wildman–Crippen LogP) is 4.99. The van der Waals surface area contributed by atoms with Crippen LogP contribution in [0.15, 0.2) is 84.1 Å². The number of rotatable bonds is 7. The molecule has 4 aromatic rings. The third-order valence-corrected chi connectivity index (χ3v) is 6.08. The predicted molar refractivity (Wildman–Crippen MR) is 141 cm³/mol. The van der Waals surface area contributed by atoms with E-state index in [0.717, 1.165) is 16.9 Å². The summed E-state index contributed by atoms with van der Waals surface area (Å²) in [7, 11) is 1.56. The van der Waals surface area contributed by atoms with Crippen LogP contribution in [0.5, 0.6) is 17.2 Å². The largest absolute Gasteiger partial charge is 0.508 e. The number of ether oxygens (including phenoxy) is 2. The monoisotopic (exact) mass is 497 g/mol. The number of hydrogen-bond donors (Lipinski definition) is 3. The van der Waals surface area contributed by atoms with Crippen LogP contribution in [0.1, 0.15) is 25.5 Å². The van der Waals surface area contributed by atoms with Crippen molar-refractivity contribution in [1.82, 2.24) is 14.8 Å². The zero-order chi connectivity index (χ0) is 25.9. The van der Waals surface area contributed by atoms with E-state index in [1.54, 1.807) is 48.2 Å². The van der Waals surface area contributed by atoms with Crippen molar-refractivity contribution in [2.75, 3.05) is 24.4 Å². The second-order valence-electron chi connectivity index (χ2n) is 8.47. The number of nitrogens with zero attached hydrogens (tertiary/aromatic N) is 3. The van der Waals surface area contributed by atoms with Gasteiger partial charge in [0.15, 0.2) is 5.82 Å². The summed E-state index contributed by atoms with van der Waals surface area (Å²) in [6.07, 6.45) is 0. The fourth-order valence-electron chi connectivity index (χ4n) is 4.34. The van der Waals surface area contributed by atoms with Crippen molar-refractivity contribution < 1.29 is 19.4 Å². The van der Waals surface area contributed by atoms with E-state index in [1.165, 1.54) is 0 Å². The van der Waals surface area contributed by atoms with Crippen molar-refractivity contribution in [1.29, 1.82) is 0 Å². The van der Waals surface area contributed by atoms with Gasteiger partial charge in [-0.2, -0.15) is 4.98 Å². The van der Waals surface area contributed by atoms with Crippen LogP contribution in [-0.2, 0) is 4.79 Å². The highest BCUT2D eigenvalue weighted by Crippen LogP contribution is 2.38. The number of amides is 1. The van der Waals surface area contributed by atoms with Gasteiger partial charge in [0.05, 0.1) is 25.0 Å². The molecule has 0 aliphatic carbocycles. The normalized spacial score (nSPS) is 14.5. The number of benzene rings is 3. The SMILES string of the molecule is CCOc1ccc(C2C(C(=O)Nc3ccccc3OC)=C(C)Nc3nc(-c4ccc(O)cc4)nn32)cc1. The quantitative estimate of drug-likeness (QED) is 0.330. The van der Waals surface area contributed by atoms with Gasteiger partial charge in [-0.25, -0.2) is 4.68 Å². The molecule has 0 radical (unpaired) electrons. The number of phenols is 1. The maximum atomic E-state index is 13.7. The highest BCUT2D eigenvalue weighted by Gasteiger charge is 2.34. The van der Waals surface area contributed by atoms with Crippen LogP contribution in [-0.4, -0.2) is 39.5 Å². The molecule has 0 spiro atoms. The van der Waals surface area contributed by atoms with Gasteiger partial charge in [0.1, 0.15) is 23.3 Å². The van der Waals surface area contributed by atoms with Gasteiger partial charge in [0.25, 0.3) is 5.91 Å². The van der Waals surface area contributed by atoms with Crippen LogP contribution in [0.2, 0.25) is 0 Å². The van der Waals surface area contributed by atoms with E-state index in [4.69, 9.17) is 14.6 Å². The maximum Gasteiger partial charge on any atom is 0.255 e. The Labute approximate surface area is 214 Å². The number of anilines is 2. The maximum absolute atomic E-state index is 13.7. The summed E-state index contributed by atoms with van der Waals surface area (Å²) in [6, 6.07) is 21.0. The Bertz CT molecular complexity index is 1460. The van der Waals surface area contributed by atoms with Crippen LogP contribution in [0.25, 0.3) is 11.4 Å². The number of para-hydroxylation sites is 2. The number of aromatic hydroxyl groups is 1. The number of hydrogen-bond acceptors (Lipinski definition) is 7. The molecule has 3 N–H and O–H groups in total. The minimum atomic E-state index is -0.556. The second kappa shape index (κ2) is 10.1. The van der Waals surface area contributed by atoms with Crippen LogP contribution >= 0.6 is 0 Å². The number of carbonyl (C=O) groups is 1. The third kappa shape index (κ3) is 4.71. The molecule has 2 heterocycles. The first-order chi connectivity index (χ1) is 18.0. The number of allylic oxidation sites excluding steroid dienone is 1. The molecule has 0 saturated heterocycles. The van der Waals surface area contributed by atoms with E-state index in [1.807, 2.05) is 50.2 Å². The summed E-state index contributed by atoms with van der Waals surface area (Å²) >= 11 is 0. The molecule has 1 aromatic heterocycles. The first kappa shape index (κ1) is 23.9. The molecular weight excluding hydrogens is 470 g/mol. The number of methoxy groups -OCH3 is 1. The van der Waals surface area contributed by atoms with Gasteiger partial charge in [-0.3, -0.25) is 4.79 Å². The van der Waals surface area contributed by atoms with Gasteiger partial charge in [-0.1, -0.05) is 24.3 Å². The van der Waals surface area contributed by atoms with Gasteiger partial charge in [0.2, 0.25) is 5.95 Å². The third-order valence-electron chi connectivity index (χ3n) is 6.08. The van der Waals surface area contributed by atoms with Crippen molar-refractivity contribution in [2.45, 2.75) is 19.9 Å². The summed E-state index contributed by atoms with van der Waals surface area (Å²) in [5.41, 5.74) is 3.30. The summed E-state index contributed by atoms with van der Waals surface area (Å²) < 4.78 is 12.7. The Morgan fingerprint density at radius 1 is 1.08 bits per heavy atom. The van der Waals surface area contributed by atoms with Gasteiger partial charge in [0, 0.05) is 11.3 Å². The van der Waals surface area contributed by atoms with E-state index >= 15 is 0 Å². The van der Waals surface area contributed by atoms with Gasteiger partial charge in [-0.05, 0) is 67.9 Å². The van der Waals surface area contributed by atoms with E-state index in [9.17, 15) is 9.90 Å². The molecule has 9 nitrogen and oxygen atoms in total. The van der Waals surface area contributed by atoms with E-state index < -0.39 is 6.04 Å². The fourth-order valence-corrected chi connectivity index (χ4v) is 4.34. The molecule has 0 fully saturated rings. The van der Waals surface area contributed by atoms with Crippen molar-refractivity contribution in [2.24, 2.45) is 0 Å². The summed E-state index contributed by atoms with van der Waals surface area (Å²) in [6.45, 7) is 4.33. The Hall–Kier alpha value is -4.79. The van der Waals surface area contributed by atoms with E-state index in [0.29, 0.717) is 41.1 Å². The van der Waals surface area contributed by atoms with Crippen LogP contribution in [0.4, 0.5) is 11.6 Å². The van der Waals surface area contributed by atoms with Crippen LogP contribution in [0, 0.1) is 0 Å². The molecule has 1 atom stereocenters. The molecule has 9 heteroatoms. The average Bonchev–Trinajstić information content (AvgIpc) is 3.33. The van der Waals surface area contributed by atoms with E-state index in [2.05, 4.69) is 15.6 Å². The zero-order valence-electron chi connectivity index (χ0n) is 20.7. The average molecular weight is 498 g/mol. The molecule has 37 heavy (non-hydrogen) atoms. The lowest BCUT2D eigenvalue weighted by atomic mass is 9.95. The number of phenolic OH excluding ortho intramolecular Hbond substituents is 1. The Morgan fingerprint density at radius 2 is 1.81 bits per heavy atom. The Morgan fingerprint density at radius 3 is 2.51 bits per heavy atom. The number of nitrogens with one attached hydrogen (secondary N) is 2. The highest BCUT2D eigenvalue weighted by molar-refractivity contribution is 6.06. The minimum Gasteiger partial charge on any atom is -0.508 e. The Balaban J connectivity index is 1.58. The molecule has 1 amide bonds. The molecule has 1 aliphatic rings. The van der Waals surface area contributed by atoms with E-state index in [-0.39, 0.29) is 11.7 Å². The lowest BCUT2D eigenvalue weighted by molar-refractivity contribution is -0.113. The van der Waals surface area contributed by atoms with Crippen molar-refractivity contribution >= 4 is 17.5 Å². The molecule has 5 rings (SSSR count). The fraction of sp³-hybridized carbons (Fsp3) is 0.179. The summed E-state index contributed by atoms with van der Waals surface area (Å²) in [4.78, 5) is 18.4. The van der Waals surface area contributed by atoms with Crippen molar-refractivity contribution in [3.05, 3.63) is 89.6 Å². The topological polar surface area (TPSA) is 111 Å². The van der Waals surface area contributed by atoms with Gasteiger partial charge < -0.3 is 25.2 Å². The smallest absolute Gasteiger partial charge is 0.255 e. The number of aromatic nitrogens is 3. The van der Waals surface area contributed by atoms with Crippen molar-refractivity contribution in [3.63, 3.8) is 0 Å². The van der Waals surface area contributed by atoms with Crippen molar-refractivity contribution in [3.8, 4) is 28.6 Å². The van der Waals surface area contributed by atoms with Crippen LogP contribution < -0.4 is 20.1 Å². The summed E-state index contributed by atoms with van der Waals surface area (Å²) in [5, 5.41) is 20.7. The molecule has 1 aliphatic heterocycles. The first-order valence-electron chi connectivity index (χ1n) is 11.9. The molecule has 1 unspecified atom stereocenters. The zero-order valence-corrected chi connectivity index (χ0v) is 20.7. The highest BCUT2D eigenvalue weighted by atomic mass is 16.5. The lowest BCUT2D eigenvalue weighted by Gasteiger charge is -2.29. The summed E-state index contributed by atoms with van der Waals surface area (Å²) in [5.74, 6) is 2.15. The standard InChI is InChI=1S/C28H27N5O4/c1-4-37-21-15-11-18(12-16-21)25-24(27(35)30-22-7-5-6-8-23(22)36-3)17(2)29-28-31-26(32-33(25)28)19-9-13-20(34)14-10-19/h5-16,25,34H,4H2,1-3H3,(H,30,35)(H,29,31,32). The lowest BCUT2D eigenvalue weighted by Crippen LogP contribution is -2.31. The van der Waals surface area contributed by atoms with Gasteiger partial charge in [-0.15, -0.1) is 5.10 Å². The minimum absolute atomic E-state index is 0.158.